The predicted octanol–water partition coefficient (Wildman–Crippen LogP) is 2.17. The van der Waals surface area contributed by atoms with Crippen LogP contribution in [0.1, 0.15) is 32.4 Å². The summed E-state index contributed by atoms with van der Waals surface area (Å²) in [5.41, 5.74) is 0.773. The fourth-order valence-corrected chi connectivity index (χ4v) is 2.12. The average Bonchev–Trinajstić information content (AvgIpc) is 2.79. The fraction of sp³-hybridized carbons (Fsp3) is 0.0625. The Labute approximate surface area is 117 Å². The summed E-state index contributed by atoms with van der Waals surface area (Å²) in [6.07, 6.45) is 0. The second-order valence-corrected chi connectivity index (χ2v) is 4.39. The lowest BCUT2D eigenvalue weighted by Crippen LogP contribution is -2.34. The minimum atomic E-state index is -1.57. The van der Waals surface area contributed by atoms with E-state index in [9.17, 15) is 14.4 Å². The Morgan fingerprint density at radius 3 is 1.95 bits per heavy atom. The number of Topliss-reactive ketones (excluding diaryl/α,β-unsaturated/α-hetero) is 1. The maximum absolute atomic E-state index is 12.2. The Morgan fingerprint density at radius 2 is 1.40 bits per heavy atom. The molecule has 98 valence electrons. The predicted molar refractivity (Wildman–Crippen MR) is 72.6 cm³/mol. The zero-order chi connectivity index (χ0) is 15.0. The highest BCUT2D eigenvalue weighted by Crippen LogP contribution is 2.22. The van der Waals surface area contributed by atoms with Gasteiger partial charge in [-0.2, -0.15) is 0 Å². The van der Waals surface area contributed by atoms with E-state index < -0.39 is 24.1 Å². The maximum Gasteiger partial charge on any atom is 0.261 e. The highest BCUT2D eigenvalue weighted by molar-refractivity contribution is 6.23. The molecule has 20 heavy (non-hydrogen) atoms. The normalized spacial score (nSPS) is 15.8. The second kappa shape index (κ2) is 4.74. The van der Waals surface area contributed by atoms with E-state index in [4.69, 9.17) is 1.37 Å². The van der Waals surface area contributed by atoms with Crippen molar-refractivity contribution < 1.29 is 15.8 Å². The summed E-state index contributed by atoms with van der Waals surface area (Å²) in [5.74, 6) is -1.77. The number of imide groups is 1. The lowest BCUT2D eigenvalue weighted by atomic mass is 10.1. The molecule has 0 saturated carbocycles. The monoisotopic (exact) mass is 266 g/mol. The minimum absolute atomic E-state index is 0.237. The first-order chi connectivity index (χ1) is 10.1. The third-order valence-corrected chi connectivity index (χ3v) is 3.13. The van der Waals surface area contributed by atoms with Crippen molar-refractivity contribution in [1.29, 1.82) is 0 Å². The number of fused-ring (bicyclic) bond motifs is 1. The zero-order valence-electron chi connectivity index (χ0n) is 11.4. The van der Waals surface area contributed by atoms with Crippen molar-refractivity contribution in [1.82, 2.24) is 4.90 Å². The molecule has 2 aromatic rings. The molecular weight excluding hydrogens is 254 g/mol. The molecule has 0 spiro atoms. The Hall–Kier alpha value is -2.75. The largest absolute Gasteiger partial charge is 0.292 e. The van der Waals surface area contributed by atoms with Gasteiger partial charge in [0.05, 0.1) is 19.0 Å². The summed E-state index contributed by atoms with van der Waals surface area (Å²) in [6, 6.07) is 14.5. The van der Waals surface area contributed by atoms with Gasteiger partial charge >= 0.3 is 0 Å². The van der Waals surface area contributed by atoms with Gasteiger partial charge in [-0.15, -0.1) is 0 Å². The van der Waals surface area contributed by atoms with Crippen LogP contribution in [0.3, 0.4) is 0 Å². The van der Waals surface area contributed by atoms with Gasteiger partial charge in [0, 0.05) is 5.56 Å². The molecule has 1 atom stereocenters. The molecule has 3 rings (SSSR count). The van der Waals surface area contributed by atoms with Crippen LogP contribution in [0.4, 0.5) is 0 Å². The van der Waals surface area contributed by atoms with E-state index in [0.717, 1.165) is 0 Å². The van der Waals surface area contributed by atoms with E-state index in [1.54, 1.807) is 42.5 Å². The highest BCUT2D eigenvalue weighted by atomic mass is 16.2. The van der Waals surface area contributed by atoms with E-state index in [2.05, 4.69) is 0 Å². The number of hydrogen-bond acceptors (Lipinski definition) is 3. The van der Waals surface area contributed by atoms with Crippen LogP contribution in [0.25, 0.3) is 0 Å². The number of amides is 2. The molecule has 4 heteroatoms. The Bertz CT molecular complexity index is 707. The molecule has 2 aromatic carbocycles. The van der Waals surface area contributed by atoms with Gasteiger partial charge in [0.2, 0.25) is 0 Å². The van der Waals surface area contributed by atoms with Gasteiger partial charge in [0.25, 0.3) is 11.8 Å². The van der Waals surface area contributed by atoms with Gasteiger partial charge in [0.1, 0.15) is 0 Å². The van der Waals surface area contributed by atoms with Crippen molar-refractivity contribution in [2.75, 3.05) is 6.52 Å². The molecule has 0 aromatic heterocycles. The Balaban J connectivity index is 1.94. The van der Waals surface area contributed by atoms with Crippen LogP contribution in [0.2, 0.25) is 0 Å². The molecule has 0 fully saturated rings. The summed E-state index contributed by atoms with van der Waals surface area (Å²) in [5, 5.41) is 0. The molecule has 1 heterocycles. The average molecular weight is 266 g/mol. The first kappa shape index (κ1) is 11.1. The molecule has 1 aliphatic rings. The summed E-state index contributed by atoms with van der Waals surface area (Å²) < 4.78 is 7.98. The van der Waals surface area contributed by atoms with Gasteiger partial charge < -0.3 is 0 Å². The van der Waals surface area contributed by atoms with Crippen LogP contribution in [0, 0.1) is 0 Å². The second-order valence-electron chi connectivity index (χ2n) is 4.39. The molecule has 0 unspecified atom stereocenters. The van der Waals surface area contributed by atoms with Crippen LogP contribution in [-0.4, -0.2) is 29.0 Å². The van der Waals surface area contributed by atoms with Crippen LogP contribution < -0.4 is 0 Å². The van der Waals surface area contributed by atoms with Crippen molar-refractivity contribution in [3.8, 4) is 0 Å². The standard InChI is InChI=1S/C16H11NO3/c18-14(11-6-2-1-3-7-11)10-17-15(19)12-8-4-5-9-13(12)16(17)20/h1-9H,10H2/i10D/t10-/m0/s1. The SMILES string of the molecule is [2H][C@@H](C(=O)c1ccccc1)N1C(=O)c2ccccc2C1=O. The van der Waals surface area contributed by atoms with Crippen molar-refractivity contribution in [3.63, 3.8) is 0 Å². The topological polar surface area (TPSA) is 54.5 Å². The van der Waals surface area contributed by atoms with Gasteiger partial charge in [-0.25, -0.2) is 0 Å². The molecular formula is C16H11NO3. The van der Waals surface area contributed by atoms with Gasteiger partial charge in [0.15, 0.2) is 5.78 Å². The molecule has 0 aliphatic carbocycles. The van der Waals surface area contributed by atoms with E-state index in [-0.39, 0.29) is 11.1 Å². The van der Waals surface area contributed by atoms with Crippen molar-refractivity contribution in [2.45, 2.75) is 0 Å². The molecule has 4 nitrogen and oxygen atoms in total. The van der Waals surface area contributed by atoms with Crippen LogP contribution >= 0.6 is 0 Å². The van der Waals surface area contributed by atoms with Crippen LogP contribution in [0.5, 0.6) is 0 Å². The fourth-order valence-electron chi connectivity index (χ4n) is 2.12. The number of nitrogens with zero attached hydrogens (tertiary/aromatic N) is 1. The summed E-state index contributed by atoms with van der Waals surface area (Å²) >= 11 is 0. The molecule has 0 N–H and O–H groups in total. The van der Waals surface area contributed by atoms with Crippen LogP contribution in [0.15, 0.2) is 54.6 Å². The Kier molecular flexibility index (Phi) is 2.63. The smallest absolute Gasteiger partial charge is 0.261 e. The zero-order valence-corrected chi connectivity index (χ0v) is 10.4. The summed E-state index contributed by atoms with van der Waals surface area (Å²) in [4.78, 5) is 37.4. The summed E-state index contributed by atoms with van der Waals surface area (Å²) in [7, 11) is 0. The number of carbonyl (C=O) groups is 3. The third kappa shape index (κ3) is 1.91. The number of hydrogen-bond donors (Lipinski definition) is 0. The van der Waals surface area contributed by atoms with Crippen molar-refractivity contribution in [3.05, 3.63) is 71.3 Å². The third-order valence-electron chi connectivity index (χ3n) is 3.13. The maximum atomic E-state index is 12.2. The van der Waals surface area contributed by atoms with E-state index in [1.165, 1.54) is 12.1 Å². The van der Waals surface area contributed by atoms with Gasteiger partial charge in [-0.05, 0) is 12.1 Å². The molecule has 2 amide bonds. The highest BCUT2D eigenvalue weighted by Gasteiger charge is 2.36. The Morgan fingerprint density at radius 1 is 0.900 bits per heavy atom. The first-order valence-electron chi connectivity index (χ1n) is 6.67. The summed E-state index contributed by atoms with van der Waals surface area (Å²) in [6.45, 7) is -1.57. The number of benzene rings is 2. The van der Waals surface area contributed by atoms with Crippen molar-refractivity contribution in [2.24, 2.45) is 0 Å². The lowest BCUT2D eigenvalue weighted by molar-refractivity contribution is 0.0624. The lowest BCUT2D eigenvalue weighted by Gasteiger charge is -2.12. The molecule has 1 aliphatic heterocycles. The first-order valence-corrected chi connectivity index (χ1v) is 6.09. The number of rotatable bonds is 3. The number of carbonyl (C=O) groups excluding carboxylic acids is 3. The van der Waals surface area contributed by atoms with Gasteiger partial charge in [-0.1, -0.05) is 42.5 Å². The molecule has 0 bridgehead atoms. The van der Waals surface area contributed by atoms with Crippen LogP contribution in [-0.2, 0) is 0 Å². The minimum Gasteiger partial charge on any atom is -0.292 e. The number of ketones is 1. The van der Waals surface area contributed by atoms with Gasteiger partial charge in [-0.3, -0.25) is 19.3 Å². The van der Waals surface area contributed by atoms with Crippen molar-refractivity contribution >= 4 is 17.6 Å². The quantitative estimate of drug-likeness (QED) is 0.632. The van der Waals surface area contributed by atoms with E-state index in [0.29, 0.717) is 10.5 Å². The molecule has 0 radical (unpaired) electrons. The van der Waals surface area contributed by atoms with E-state index in [1.807, 2.05) is 0 Å². The van der Waals surface area contributed by atoms with E-state index >= 15 is 0 Å². The molecule has 0 saturated heterocycles.